The zero-order valence-electron chi connectivity index (χ0n) is 16.1. The first-order valence-corrected chi connectivity index (χ1v) is 10.8. The zero-order valence-corrected chi connectivity index (χ0v) is 19.0. The lowest BCUT2D eigenvalue weighted by Gasteiger charge is -2.33. The van der Waals surface area contributed by atoms with Crippen LogP contribution in [0.4, 0.5) is 5.69 Å². The molecule has 1 unspecified atom stereocenters. The van der Waals surface area contributed by atoms with Gasteiger partial charge in [0, 0.05) is 10.6 Å². The van der Waals surface area contributed by atoms with Gasteiger partial charge in [-0.25, -0.2) is 13.3 Å². The number of anilines is 1. The molecule has 0 saturated heterocycles. The molecule has 1 heterocycles. The van der Waals surface area contributed by atoms with E-state index in [0.29, 0.717) is 16.8 Å². The number of ether oxygens (including phenoxy) is 1. The standard InChI is InChI=1S/C20H21IN2O4S/c1-20(2,3)27-19(25)14-7-5-13(6-8-14)12-23-18(24)16-11-15(21)9-10-17(16)22(4)28(23)26/h5-11H,12H2,1-4H3. The van der Waals surface area contributed by atoms with Crippen LogP contribution in [0, 0.1) is 3.57 Å². The number of carbonyl (C=O) groups is 2. The highest BCUT2D eigenvalue weighted by molar-refractivity contribution is 14.1. The van der Waals surface area contributed by atoms with E-state index in [1.54, 1.807) is 47.8 Å². The highest BCUT2D eigenvalue weighted by atomic mass is 127. The van der Waals surface area contributed by atoms with Crippen molar-refractivity contribution in [3.63, 3.8) is 0 Å². The maximum atomic E-state index is 12.9. The average Bonchev–Trinajstić information content (AvgIpc) is 2.62. The summed E-state index contributed by atoms with van der Waals surface area (Å²) in [6.45, 7) is 5.61. The Morgan fingerprint density at radius 2 is 1.79 bits per heavy atom. The van der Waals surface area contributed by atoms with Gasteiger partial charge in [0.2, 0.25) is 11.2 Å². The van der Waals surface area contributed by atoms with Crippen LogP contribution < -0.4 is 4.31 Å². The molecule has 0 fully saturated rings. The number of hydrogen-bond donors (Lipinski definition) is 0. The van der Waals surface area contributed by atoms with Gasteiger partial charge in [0.1, 0.15) is 5.60 Å². The van der Waals surface area contributed by atoms with Crippen LogP contribution >= 0.6 is 22.6 Å². The molecule has 0 aliphatic carbocycles. The van der Waals surface area contributed by atoms with Gasteiger partial charge < -0.3 is 4.74 Å². The fourth-order valence-electron chi connectivity index (χ4n) is 2.77. The molecule has 1 aliphatic rings. The number of hydrogen-bond acceptors (Lipinski definition) is 4. The molecule has 2 aromatic carbocycles. The third-order valence-corrected chi connectivity index (χ3v) is 6.10. The van der Waals surface area contributed by atoms with E-state index in [1.807, 2.05) is 26.8 Å². The van der Waals surface area contributed by atoms with Crippen molar-refractivity contribution in [2.24, 2.45) is 0 Å². The van der Waals surface area contributed by atoms with E-state index in [-0.39, 0.29) is 12.5 Å². The van der Waals surface area contributed by atoms with Gasteiger partial charge in [0.05, 0.1) is 23.4 Å². The average molecular weight is 512 g/mol. The predicted molar refractivity (Wildman–Crippen MR) is 117 cm³/mol. The summed E-state index contributed by atoms with van der Waals surface area (Å²) >= 11 is 0.523. The van der Waals surface area contributed by atoms with Crippen molar-refractivity contribution in [2.45, 2.75) is 32.9 Å². The number of carbonyl (C=O) groups excluding carboxylic acids is 2. The predicted octanol–water partition coefficient (Wildman–Crippen LogP) is 3.92. The summed E-state index contributed by atoms with van der Waals surface area (Å²) in [4.78, 5) is 25.0. The number of amides is 1. The fourth-order valence-corrected chi connectivity index (χ4v) is 4.38. The minimum absolute atomic E-state index is 0.176. The first kappa shape index (κ1) is 20.8. The molecule has 6 nitrogen and oxygen atoms in total. The maximum Gasteiger partial charge on any atom is 0.338 e. The molecule has 0 bridgehead atoms. The largest absolute Gasteiger partial charge is 0.456 e. The number of halogens is 1. The molecule has 28 heavy (non-hydrogen) atoms. The summed E-state index contributed by atoms with van der Waals surface area (Å²) in [7, 11) is 1.70. The van der Waals surface area contributed by atoms with Crippen LogP contribution in [0.15, 0.2) is 42.5 Å². The van der Waals surface area contributed by atoms with Crippen molar-refractivity contribution in [3.8, 4) is 0 Å². The first-order chi connectivity index (χ1) is 13.1. The molecule has 1 atom stereocenters. The molecule has 0 saturated carbocycles. The van der Waals surface area contributed by atoms with Crippen molar-refractivity contribution in [3.05, 3.63) is 62.7 Å². The van der Waals surface area contributed by atoms with Crippen LogP contribution in [0.2, 0.25) is 0 Å². The highest BCUT2D eigenvalue weighted by Gasteiger charge is 2.34. The zero-order chi connectivity index (χ0) is 20.6. The lowest BCUT2D eigenvalue weighted by molar-refractivity contribution is 0.00693. The summed E-state index contributed by atoms with van der Waals surface area (Å²) in [6.07, 6.45) is 0. The van der Waals surface area contributed by atoms with E-state index in [1.165, 1.54) is 4.31 Å². The summed E-state index contributed by atoms with van der Waals surface area (Å²) in [5.74, 6) is -0.680. The number of benzene rings is 2. The third-order valence-electron chi connectivity index (χ3n) is 4.09. The SMILES string of the molecule is CN1c2ccc(I)cc2C(=O)N(Cc2ccc(C(=O)OC(C)(C)C)cc2)S1=O. The van der Waals surface area contributed by atoms with E-state index in [4.69, 9.17) is 4.74 Å². The van der Waals surface area contributed by atoms with Crippen LogP contribution in [-0.2, 0) is 22.5 Å². The number of rotatable bonds is 3. The Labute approximate surface area is 180 Å². The van der Waals surface area contributed by atoms with Crippen molar-refractivity contribution < 1.29 is 18.5 Å². The van der Waals surface area contributed by atoms with Gasteiger partial charge in [0.15, 0.2) is 0 Å². The molecule has 0 radical (unpaired) electrons. The minimum atomic E-state index is -1.63. The topological polar surface area (TPSA) is 66.9 Å². The fraction of sp³-hybridized carbons (Fsp3) is 0.300. The van der Waals surface area contributed by atoms with Crippen LogP contribution in [0.1, 0.15) is 47.1 Å². The van der Waals surface area contributed by atoms with Crippen molar-refractivity contribution in [1.29, 1.82) is 0 Å². The Morgan fingerprint density at radius 1 is 1.14 bits per heavy atom. The van der Waals surface area contributed by atoms with Crippen LogP contribution in [0.25, 0.3) is 0 Å². The molecule has 1 amide bonds. The van der Waals surface area contributed by atoms with Crippen LogP contribution in [0.5, 0.6) is 0 Å². The molecule has 0 spiro atoms. The van der Waals surface area contributed by atoms with Crippen LogP contribution in [0.3, 0.4) is 0 Å². The first-order valence-electron chi connectivity index (χ1n) is 8.66. The van der Waals surface area contributed by atoms with Gasteiger partial charge in [-0.3, -0.25) is 9.10 Å². The third kappa shape index (κ3) is 4.38. The molecular weight excluding hydrogens is 491 g/mol. The molecule has 2 aromatic rings. The van der Waals surface area contributed by atoms with Gasteiger partial charge in [0.25, 0.3) is 5.91 Å². The normalized spacial score (nSPS) is 16.8. The van der Waals surface area contributed by atoms with E-state index >= 15 is 0 Å². The van der Waals surface area contributed by atoms with Crippen LogP contribution in [-0.4, -0.2) is 33.0 Å². The summed E-state index contributed by atoms with van der Waals surface area (Å²) in [5.41, 5.74) is 1.82. The van der Waals surface area contributed by atoms with Gasteiger partial charge in [-0.05, 0) is 79.3 Å². The van der Waals surface area contributed by atoms with E-state index in [0.717, 1.165) is 9.13 Å². The van der Waals surface area contributed by atoms with E-state index in [9.17, 15) is 13.8 Å². The van der Waals surface area contributed by atoms with Gasteiger partial charge >= 0.3 is 5.97 Å². The van der Waals surface area contributed by atoms with E-state index < -0.39 is 22.7 Å². The highest BCUT2D eigenvalue weighted by Crippen LogP contribution is 2.31. The summed E-state index contributed by atoms with van der Waals surface area (Å²) < 4.78 is 22.0. The Balaban J connectivity index is 1.81. The number of nitrogens with zero attached hydrogens (tertiary/aromatic N) is 2. The van der Waals surface area contributed by atoms with Gasteiger partial charge in [-0.1, -0.05) is 12.1 Å². The Bertz CT molecular complexity index is 954. The monoisotopic (exact) mass is 512 g/mol. The lowest BCUT2D eigenvalue weighted by Crippen LogP contribution is -2.45. The lowest BCUT2D eigenvalue weighted by atomic mass is 10.1. The Hall–Kier alpha value is -1.94. The molecule has 0 N–H and O–H groups in total. The molecule has 8 heteroatoms. The van der Waals surface area contributed by atoms with E-state index in [2.05, 4.69) is 22.6 Å². The second-order valence-electron chi connectivity index (χ2n) is 7.43. The van der Waals surface area contributed by atoms with Crippen molar-refractivity contribution in [1.82, 2.24) is 4.31 Å². The molecule has 1 aliphatic heterocycles. The summed E-state index contributed by atoms with van der Waals surface area (Å²) in [6, 6.07) is 12.3. The number of esters is 1. The maximum absolute atomic E-state index is 12.9. The molecular formula is C20H21IN2O4S. The molecule has 148 valence electrons. The van der Waals surface area contributed by atoms with Gasteiger partial charge in [-0.15, -0.1) is 0 Å². The molecule has 3 rings (SSSR count). The van der Waals surface area contributed by atoms with Gasteiger partial charge in [-0.2, -0.15) is 0 Å². The quantitative estimate of drug-likeness (QED) is 0.462. The minimum Gasteiger partial charge on any atom is -0.456 e. The smallest absolute Gasteiger partial charge is 0.338 e. The van der Waals surface area contributed by atoms with Crippen molar-refractivity contribution in [2.75, 3.05) is 11.4 Å². The Kier molecular flexibility index (Phi) is 5.81. The van der Waals surface area contributed by atoms with Crippen molar-refractivity contribution >= 4 is 51.3 Å². The summed E-state index contributed by atoms with van der Waals surface area (Å²) in [5, 5.41) is 0. The molecule has 0 aromatic heterocycles. The second-order valence-corrected chi connectivity index (χ2v) is 10.1. The number of fused-ring (bicyclic) bond motifs is 1. The second kappa shape index (κ2) is 7.82. The Morgan fingerprint density at radius 3 is 2.39 bits per heavy atom.